The first-order valence-electron chi connectivity index (χ1n) is 21.9. The summed E-state index contributed by atoms with van der Waals surface area (Å²) < 4.78 is 2.65. The molecule has 0 aliphatic heterocycles. The molecule has 0 fully saturated rings. The summed E-state index contributed by atoms with van der Waals surface area (Å²) in [6.07, 6.45) is 0. The van der Waals surface area contributed by atoms with Crippen LogP contribution >= 0.6 is 11.3 Å². The van der Waals surface area contributed by atoms with Gasteiger partial charge in [0.1, 0.15) is 0 Å². The Bertz CT molecular complexity index is 3630. The van der Waals surface area contributed by atoms with E-state index in [1.165, 1.54) is 97.4 Å². The molecular formula is C62H41NS. The van der Waals surface area contributed by atoms with Crippen molar-refractivity contribution in [2.24, 2.45) is 0 Å². The molecule has 0 aliphatic carbocycles. The Balaban J connectivity index is 0.904. The highest BCUT2D eigenvalue weighted by atomic mass is 32.1. The lowest BCUT2D eigenvalue weighted by Gasteiger charge is -2.26. The van der Waals surface area contributed by atoms with Crippen molar-refractivity contribution in [3.63, 3.8) is 0 Å². The highest BCUT2D eigenvalue weighted by Crippen LogP contribution is 2.46. The van der Waals surface area contributed by atoms with Crippen molar-refractivity contribution in [3.8, 4) is 55.6 Å². The van der Waals surface area contributed by atoms with Crippen LogP contribution in [0.4, 0.5) is 17.1 Å². The molecule has 0 amide bonds. The van der Waals surface area contributed by atoms with E-state index in [1.807, 2.05) is 11.3 Å². The van der Waals surface area contributed by atoms with Gasteiger partial charge in [-0.3, -0.25) is 0 Å². The molecule has 0 radical (unpaired) electrons. The summed E-state index contributed by atoms with van der Waals surface area (Å²) in [6, 6.07) is 90.7. The molecule has 1 nitrogen and oxygen atoms in total. The molecule has 0 bridgehead atoms. The topological polar surface area (TPSA) is 3.24 Å². The molecule has 2 heteroatoms. The first-order chi connectivity index (χ1) is 31.7. The highest BCUT2D eigenvalue weighted by molar-refractivity contribution is 7.26. The average Bonchev–Trinajstić information content (AvgIpc) is 3.77. The lowest BCUT2D eigenvalue weighted by molar-refractivity contribution is 1.28. The van der Waals surface area contributed by atoms with Gasteiger partial charge in [-0.2, -0.15) is 0 Å². The van der Waals surface area contributed by atoms with Gasteiger partial charge >= 0.3 is 0 Å². The Morgan fingerprint density at radius 3 is 1.27 bits per heavy atom. The first kappa shape index (κ1) is 37.7. The van der Waals surface area contributed by atoms with Gasteiger partial charge in [-0.05, 0) is 114 Å². The minimum absolute atomic E-state index is 1.10. The minimum atomic E-state index is 1.10. The lowest BCUT2D eigenvalue weighted by Crippen LogP contribution is -2.09. The van der Waals surface area contributed by atoms with Crippen molar-refractivity contribution in [2.45, 2.75) is 0 Å². The molecule has 0 saturated heterocycles. The standard InChI is InChI=1S/C62H41NS/c1-2-13-42(14-3-1)43-29-35-50(36-30-43)63(52-39-33-47(34-40-52)54-23-9-17-45-15-4-6-21-53(45)54)51-37-31-44(32-38-51)48-19-8-20-49(41-48)56-24-11-27-59-60-28-12-26-58(62(60)64-61(56)59)57-25-10-18-46-16-5-7-22-55(46)57/h1-41H. The van der Waals surface area contributed by atoms with Gasteiger partial charge in [0, 0.05) is 42.8 Å². The molecule has 1 aromatic heterocycles. The highest BCUT2D eigenvalue weighted by Gasteiger charge is 2.17. The molecule has 64 heavy (non-hydrogen) atoms. The van der Waals surface area contributed by atoms with Crippen molar-refractivity contribution >= 4 is 70.1 Å². The molecule has 12 aromatic rings. The van der Waals surface area contributed by atoms with Crippen LogP contribution in [0.5, 0.6) is 0 Å². The van der Waals surface area contributed by atoms with E-state index in [2.05, 4.69) is 254 Å². The smallest absolute Gasteiger partial charge is 0.0462 e. The maximum atomic E-state index is 2.36. The summed E-state index contributed by atoms with van der Waals surface area (Å²) in [4.78, 5) is 2.36. The average molecular weight is 832 g/mol. The number of fused-ring (bicyclic) bond motifs is 5. The van der Waals surface area contributed by atoms with Crippen LogP contribution in [0.25, 0.3) is 97.4 Å². The summed E-state index contributed by atoms with van der Waals surface area (Å²) in [6.45, 7) is 0. The second kappa shape index (κ2) is 16.0. The van der Waals surface area contributed by atoms with Crippen molar-refractivity contribution in [3.05, 3.63) is 249 Å². The maximum absolute atomic E-state index is 2.36. The summed E-state index contributed by atoms with van der Waals surface area (Å²) >= 11 is 1.91. The quantitative estimate of drug-likeness (QED) is 0.147. The Labute approximate surface area is 377 Å². The Morgan fingerprint density at radius 1 is 0.234 bits per heavy atom. The van der Waals surface area contributed by atoms with E-state index in [4.69, 9.17) is 0 Å². The number of nitrogens with zero attached hydrogens (tertiary/aromatic N) is 1. The van der Waals surface area contributed by atoms with E-state index >= 15 is 0 Å². The van der Waals surface area contributed by atoms with Crippen molar-refractivity contribution in [2.75, 3.05) is 4.90 Å². The molecule has 11 aromatic carbocycles. The van der Waals surface area contributed by atoms with Crippen molar-refractivity contribution < 1.29 is 0 Å². The zero-order chi connectivity index (χ0) is 42.4. The Kier molecular flexibility index (Phi) is 9.43. The summed E-state index contributed by atoms with van der Waals surface area (Å²) in [5.41, 5.74) is 15.6. The number of anilines is 3. The fraction of sp³-hybridized carbons (Fsp3) is 0. The SMILES string of the molecule is c1ccc(-c2ccc(N(c3ccc(-c4cccc(-c5cccc6c5sc5c(-c7cccc8ccccc78)cccc56)c4)cc3)c3ccc(-c4cccc5ccccc45)cc3)cc2)cc1. The molecular weight excluding hydrogens is 791 g/mol. The third-order valence-electron chi connectivity index (χ3n) is 12.7. The number of rotatable bonds is 8. The first-order valence-corrected chi connectivity index (χ1v) is 22.7. The van der Waals surface area contributed by atoms with Crippen molar-refractivity contribution in [1.29, 1.82) is 0 Å². The second-order valence-electron chi connectivity index (χ2n) is 16.4. The van der Waals surface area contributed by atoms with E-state index < -0.39 is 0 Å². The maximum Gasteiger partial charge on any atom is 0.0462 e. The fourth-order valence-electron chi connectivity index (χ4n) is 9.54. The molecule has 0 atom stereocenters. The molecule has 1 heterocycles. The number of thiophene rings is 1. The van der Waals surface area contributed by atoms with Crippen LogP contribution in [0.15, 0.2) is 249 Å². The molecule has 0 saturated carbocycles. The van der Waals surface area contributed by atoms with Gasteiger partial charge in [0.2, 0.25) is 0 Å². The van der Waals surface area contributed by atoms with E-state index in [1.54, 1.807) is 0 Å². The Morgan fingerprint density at radius 2 is 0.625 bits per heavy atom. The second-order valence-corrected chi connectivity index (χ2v) is 17.5. The van der Waals surface area contributed by atoms with Gasteiger partial charge in [0.05, 0.1) is 0 Å². The van der Waals surface area contributed by atoms with Gasteiger partial charge in [0.15, 0.2) is 0 Å². The predicted octanol–water partition coefficient (Wildman–Crippen LogP) is 18.2. The van der Waals surface area contributed by atoms with Gasteiger partial charge in [-0.15, -0.1) is 11.3 Å². The van der Waals surface area contributed by atoms with Gasteiger partial charge in [0.25, 0.3) is 0 Å². The third-order valence-corrected chi connectivity index (χ3v) is 14.0. The molecule has 12 rings (SSSR count). The predicted molar refractivity (Wildman–Crippen MR) is 276 cm³/mol. The zero-order valence-electron chi connectivity index (χ0n) is 35.0. The lowest BCUT2D eigenvalue weighted by atomic mass is 9.96. The Hall–Kier alpha value is -8.04. The van der Waals surface area contributed by atoms with E-state index in [0.717, 1.165) is 17.1 Å². The number of benzene rings is 11. The minimum Gasteiger partial charge on any atom is -0.311 e. The fourth-order valence-corrected chi connectivity index (χ4v) is 10.9. The largest absolute Gasteiger partial charge is 0.311 e. The zero-order valence-corrected chi connectivity index (χ0v) is 35.8. The summed E-state index contributed by atoms with van der Waals surface area (Å²) in [5.74, 6) is 0. The van der Waals surface area contributed by atoms with Crippen LogP contribution in [0.1, 0.15) is 0 Å². The van der Waals surface area contributed by atoms with E-state index in [0.29, 0.717) is 0 Å². The molecule has 0 N–H and O–H groups in total. The normalized spacial score (nSPS) is 11.4. The molecule has 0 unspecified atom stereocenters. The number of hydrogen-bond donors (Lipinski definition) is 0. The van der Waals surface area contributed by atoms with E-state index in [-0.39, 0.29) is 0 Å². The van der Waals surface area contributed by atoms with E-state index in [9.17, 15) is 0 Å². The third kappa shape index (κ3) is 6.73. The van der Waals surface area contributed by atoms with Crippen LogP contribution in [0, 0.1) is 0 Å². The monoisotopic (exact) mass is 831 g/mol. The van der Waals surface area contributed by atoms with Gasteiger partial charge in [-0.1, -0.05) is 206 Å². The summed E-state index contributed by atoms with van der Waals surface area (Å²) in [7, 11) is 0. The molecule has 300 valence electrons. The molecule has 0 spiro atoms. The van der Waals surface area contributed by atoms with Crippen LogP contribution in [0.3, 0.4) is 0 Å². The van der Waals surface area contributed by atoms with Crippen LogP contribution in [0.2, 0.25) is 0 Å². The van der Waals surface area contributed by atoms with Crippen LogP contribution in [-0.4, -0.2) is 0 Å². The van der Waals surface area contributed by atoms with Crippen LogP contribution < -0.4 is 4.90 Å². The van der Waals surface area contributed by atoms with Gasteiger partial charge in [-0.25, -0.2) is 0 Å². The number of hydrogen-bond acceptors (Lipinski definition) is 2. The summed E-state index contributed by atoms with van der Waals surface area (Å²) in [5, 5.41) is 7.67. The van der Waals surface area contributed by atoms with Crippen LogP contribution in [-0.2, 0) is 0 Å². The van der Waals surface area contributed by atoms with Crippen molar-refractivity contribution in [1.82, 2.24) is 0 Å². The van der Waals surface area contributed by atoms with Gasteiger partial charge < -0.3 is 4.90 Å². The molecule has 0 aliphatic rings.